The van der Waals surface area contributed by atoms with E-state index in [4.69, 9.17) is 0 Å². The first-order valence-electron chi connectivity index (χ1n) is 5.47. The molecule has 0 radical (unpaired) electrons. The van der Waals surface area contributed by atoms with E-state index in [0.717, 1.165) is 24.2 Å². The lowest BCUT2D eigenvalue weighted by Gasteiger charge is -2.17. The Hall–Kier alpha value is -0.750. The molecule has 0 aromatic heterocycles. The number of anilines is 1. The standard InChI is InChI=1S/C12H10Br2FNO2/c13-3-1-2-4-16-10-8(11(17)12(16)18)5-7(15)6-9(10)14/h5-6H,1-4H2. The van der Waals surface area contributed by atoms with Crippen LogP contribution < -0.4 is 4.90 Å². The maximum Gasteiger partial charge on any atom is 0.299 e. The zero-order valence-electron chi connectivity index (χ0n) is 9.38. The summed E-state index contributed by atoms with van der Waals surface area (Å²) in [7, 11) is 0. The van der Waals surface area contributed by atoms with Crippen molar-refractivity contribution in [2.45, 2.75) is 12.8 Å². The first-order valence-corrected chi connectivity index (χ1v) is 7.39. The highest BCUT2D eigenvalue weighted by atomic mass is 79.9. The summed E-state index contributed by atoms with van der Waals surface area (Å²) in [6.07, 6.45) is 1.69. The van der Waals surface area contributed by atoms with Crippen molar-refractivity contribution in [1.82, 2.24) is 0 Å². The van der Waals surface area contributed by atoms with Gasteiger partial charge in [-0.15, -0.1) is 0 Å². The Balaban J connectivity index is 2.36. The molecule has 0 aliphatic carbocycles. The minimum Gasteiger partial charge on any atom is -0.304 e. The van der Waals surface area contributed by atoms with Crippen LogP contribution in [0, 0.1) is 5.82 Å². The van der Waals surface area contributed by atoms with E-state index in [1.807, 2.05) is 0 Å². The highest BCUT2D eigenvalue weighted by Gasteiger charge is 2.37. The quantitative estimate of drug-likeness (QED) is 0.458. The van der Waals surface area contributed by atoms with Gasteiger partial charge in [0.2, 0.25) is 0 Å². The molecule has 0 spiro atoms. The molecule has 6 heteroatoms. The zero-order chi connectivity index (χ0) is 13.3. The van der Waals surface area contributed by atoms with E-state index in [9.17, 15) is 14.0 Å². The number of ketones is 1. The number of fused-ring (bicyclic) bond motifs is 1. The van der Waals surface area contributed by atoms with Crippen LogP contribution in [0.15, 0.2) is 16.6 Å². The fourth-order valence-electron chi connectivity index (χ4n) is 1.93. The highest BCUT2D eigenvalue weighted by molar-refractivity contribution is 9.10. The van der Waals surface area contributed by atoms with Gasteiger partial charge in [-0.2, -0.15) is 0 Å². The number of alkyl halides is 1. The monoisotopic (exact) mass is 377 g/mol. The fraction of sp³-hybridized carbons (Fsp3) is 0.333. The van der Waals surface area contributed by atoms with Crippen molar-refractivity contribution in [3.05, 3.63) is 28.0 Å². The van der Waals surface area contributed by atoms with Gasteiger partial charge in [-0.25, -0.2) is 4.39 Å². The summed E-state index contributed by atoms with van der Waals surface area (Å²) in [6.45, 7) is 0.466. The average molecular weight is 379 g/mol. The van der Waals surface area contributed by atoms with Crippen molar-refractivity contribution in [3.8, 4) is 0 Å². The van der Waals surface area contributed by atoms with Crippen LogP contribution >= 0.6 is 31.9 Å². The Morgan fingerprint density at radius 3 is 2.61 bits per heavy atom. The molecule has 0 bridgehead atoms. The first kappa shape index (κ1) is 13.7. The third-order valence-electron chi connectivity index (χ3n) is 2.75. The van der Waals surface area contributed by atoms with E-state index in [1.165, 1.54) is 11.0 Å². The van der Waals surface area contributed by atoms with Crippen molar-refractivity contribution in [2.75, 3.05) is 16.8 Å². The lowest BCUT2D eigenvalue weighted by atomic mass is 10.1. The van der Waals surface area contributed by atoms with Gasteiger partial charge in [-0.1, -0.05) is 15.9 Å². The van der Waals surface area contributed by atoms with Crippen molar-refractivity contribution in [2.24, 2.45) is 0 Å². The Morgan fingerprint density at radius 1 is 1.22 bits per heavy atom. The van der Waals surface area contributed by atoms with Crippen molar-refractivity contribution in [3.63, 3.8) is 0 Å². The predicted molar refractivity (Wildman–Crippen MR) is 73.8 cm³/mol. The van der Waals surface area contributed by atoms with E-state index >= 15 is 0 Å². The minimum atomic E-state index is -0.635. The summed E-state index contributed by atoms with van der Waals surface area (Å²) in [6, 6.07) is 2.38. The van der Waals surface area contributed by atoms with Gasteiger partial charge in [0.05, 0.1) is 11.3 Å². The molecule has 1 aromatic carbocycles. The van der Waals surface area contributed by atoms with Crippen molar-refractivity contribution in [1.29, 1.82) is 0 Å². The van der Waals surface area contributed by atoms with Gasteiger partial charge in [0.25, 0.3) is 11.7 Å². The van der Waals surface area contributed by atoms with E-state index in [1.54, 1.807) is 0 Å². The number of halogens is 3. The van der Waals surface area contributed by atoms with Gasteiger partial charge in [-0.05, 0) is 40.9 Å². The molecule has 0 unspecified atom stereocenters. The number of nitrogens with zero attached hydrogens (tertiary/aromatic N) is 1. The van der Waals surface area contributed by atoms with Crippen LogP contribution in [-0.2, 0) is 4.79 Å². The number of unbranched alkanes of at least 4 members (excludes halogenated alkanes) is 1. The summed E-state index contributed by atoms with van der Waals surface area (Å²) in [4.78, 5) is 25.0. The van der Waals surface area contributed by atoms with Crippen LogP contribution in [-0.4, -0.2) is 23.6 Å². The summed E-state index contributed by atoms with van der Waals surface area (Å²) >= 11 is 6.52. The molecule has 18 heavy (non-hydrogen) atoms. The topological polar surface area (TPSA) is 37.4 Å². The van der Waals surface area contributed by atoms with Gasteiger partial charge in [-0.3, -0.25) is 9.59 Å². The second kappa shape index (κ2) is 5.48. The lowest BCUT2D eigenvalue weighted by molar-refractivity contribution is -0.114. The van der Waals surface area contributed by atoms with Gasteiger partial charge >= 0.3 is 0 Å². The van der Waals surface area contributed by atoms with Gasteiger partial charge in [0.1, 0.15) is 5.82 Å². The summed E-state index contributed by atoms with van der Waals surface area (Å²) in [5.41, 5.74) is 0.631. The molecule has 1 amide bonds. The fourth-order valence-corrected chi connectivity index (χ4v) is 2.97. The molecule has 1 aliphatic rings. The van der Waals surface area contributed by atoms with E-state index in [0.29, 0.717) is 16.7 Å². The van der Waals surface area contributed by atoms with E-state index in [2.05, 4.69) is 31.9 Å². The van der Waals surface area contributed by atoms with E-state index in [-0.39, 0.29) is 5.56 Å². The Bertz CT molecular complexity index is 519. The SMILES string of the molecule is O=C1C(=O)N(CCCCBr)c2c(Br)cc(F)cc21. The molecule has 0 atom stereocenters. The number of rotatable bonds is 4. The molecular weight excluding hydrogens is 369 g/mol. The third kappa shape index (κ3) is 2.36. The largest absolute Gasteiger partial charge is 0.304 e. The Kier molecular flexibility index (Phi) is 4.17. The number of Topliss-reactive ketones (excluding diaryl/α,β-unsaturated/α-hetero) is 1. The molecule has 1 heterocycles. The predicted octanol–water partition coefficient (Wildman–Crippen LogP) is 3.29. The van der Waals surface area contributed by atoms with Crippen LogP contribution in [0.4, 0.5) is 10.1 Å². The summed E-state index contributed by atoms with van der Waals surface area (Å²) in [5.74, 6) is -1.74. The molecule has 0 fully saturated rings. The van der Waals surface area contributed by atoms with Crippen LogP contribution in [0.3, 0.4) is 0 Å². The van der Waals surface area contributed by atoms with Crippen LogP contribution in [0.25, 0.3) is 0 Å². The summed E-state index contributed by atoms with van der Waals surface area (Å²) < 4.78 is 13.7. The lowest BCUT2D eigenvalue weighted by Crippen LogP contribution is -2.30. The molecule has 1 aromatic rings. The molecule has 2 rings (SSSR count). The highest BCUT2D eigenvalue weighted by Crippen LogP contribution is 2.37. The maximum absolute atomic E-state index is 13.2. The van der Waals surface area contributed by atoms with Gasteiger partial charge < -0.3 is 4.90 Å². The van der Waals surface area contributed by atoms with Crippen molar-refractivity contribution >= 4 is 49.2 Å². The Labute approximate surface area is 121 Å². The van der Waals surface area contributed by atoms with Gasteiger partial charge in [0, 0.05) is 16.3 Å². The maximum atomic E-state index is 13.2. The van der Waals surface area contributed by atoms with Crippen LogP contribution in [0.5, 0.6) is 0 Å². The first-order chi connectivity index (χ1) is 8.56. The summed E-state index contributed by atoms with van der Waals surface area (Å²) in [5, 5.41) is 0.848. The van der Waals surface area contributed by atoms with Gasteiger partial charge in [0.15, 0.2) is 0 Å². The number of amides is 1. The smallest absolute Gasteiger partial charge is 0.299 e. The van der Waals surface area contributed by atoms with Crippen LogP contribution in [0.1, 0.15) is 23.2 Å². The molecule has 0 saturated heterocycles. The molecule has 3 nitrogen and oxygen atoms in total. The molecular formula is C12H10Br2FNO2. The number of carbonyl (C=O) groups excluding carboxylic acids is 2. The molecule has 0 saturated carbocycles. The second-order valence-electron chi connectivity index (χ2n) is 3.97. The molecule has 0 N–H and O–H groups in total. The zero-order valence-corrected chi connectivity index (χ0v) is 12.6. The third-order valence-corrected chi connectivity index (χ3v) is 3.91. The number of carbonyl (C=O) groups is 2. The normalized spacial score (nSPS) is 14.3. The molecule has 96 valence electrons. The minimum absolute atomic E-state index is 0.144. The van der Waals surface area contributed by atoms with E-state index < -0.39 is 17.5 Å². The molecule has 1 aliphatic heterocycles. The Morgan fingerprint density at radius 2 is 1.94 bits per heavy atom. The van der Waals surface area contributed by atoms with Crippen molar-refractivity contribution < 1.29 is 14.0 Å². The van der Waals surface area contributed by atoms with Crippen LogP contribution in [0.2, 0.25) is 0 Å². The second-order valence-corrected chi connectivity index (χ2v) is 5.61. The number of hydrogen-bond acceptors (Lipinski definition) is 2. The number of hydrogen-bond donors (Lipinski definition) is 0. The average Bonchev–Trinajstić information content (AvgIpc) is 2.55. The number of benzene rings is 1.